The lowest BCUT2D eigenvalue weighted by molar-refractivity contribution is -0.166. The molecule has 0 aliphatic carbocycles. The molecule has 1 saturated heterocycles. The Morgan fingerprint density at radius 3 is 2.71 bits per heavy atom. The number of methoxy groups -OCH3 is 1. The van der Waals surface area contributed by atoms with Crippen LogP contribution in [0, 0.1) is 0 Å². The number of rotatable bonds is 5. The molecule has 2 aliphatic heterocycles. The number of amides is 2. The highest BCUT2D eigenvalue weighted by atomic mass is 16.5. The average molecular weight is 418 g/mol. The average Bonchev–Trinajstić information content (AvgIpc) is 3.17. The summed E-state index contributed by atoms with van der Waals surface area (Å²) >= 11 is 0. The number of benzene rings is 2. The van der Waals surface area contributed by atoms with Gasteiger partial charge in [0.2, 0.25) is 5.91 Å². The van der Waals surface area contributed by atoms with E-state index in [0.29, 0.717) is 13.1 Å². The Kier molecular flexibility index (Phi) is 4.73. The molecule has 1 N–H and O–H groups in total. The number of ether oxygens (including phenoxy) is 1. The molecule has 2 aromatic carbocycles. The number of aromatic amines is 1. The van der Waals surface area contributed by atoms with Gasteiger partial charge in [-0.15, -0.1) is 0 Å². The molecule has 0 spiro atoms. The number of carbonyl (C=O) groups is 2. The molecule has 2 aliphatic rings. The van der Waals surface area contributed by atoms with Crippen LogP contribution in [0.25, 0.3) is 10.9 Å². The molecule has 3 heterocycles. The van der Waals surface area contributed by atoms with Gasteiger partial charge in [-0.2, -0.15) is 0 Å². The third-order valence-corrected chi connectivity index (χ3v) is 6.79. The van der Waals surface area contributed by atoms with Crippen LogP contribution < -0.4 is 4.74 Å². The molecule has 6 heteroatoms. The summed E-state index contributed by atoms with van der Waals surface area (Å²) in [4.78, 5) is 33.7. The van der Waals surface area contributed by atoms with Crippen molar-refractivity contribution in [3.63, 3.8) is 0 Å². The van der Waals surface area contributed by atoms with E-state index < -0.39 is 5.54 Å². The zero-order valence-electron chi connectivity index (χ0n) is 18.0. The Labute approximate surface area is 181 Å². The topological polar surface area (TPSA) is 65.6 Å². The molecule has 31 heavy (non-hydrogen) atoms. The third kappa shape index (κ3) is 3.09. The Balaban J connectivity index is 1.46. The lowest BCUT2D eigenvalue weighted by Crippen LogP contribution is -2.67. The van der Waals surface area contributed by atoms with E-state index in [9.17, 15) is 9.59 Å². The molecule has 5 rings (SSSR count). The highest BCUT2D eigenvalue weighted by Crippen LogP contribution is 2.42. The summed E-state index contributed by atoms with van der Waals surface area (Å²) in [7, 11) is 1.65. The van der Waals surface area contributed by atoms with E-state index in [1.165, 1.54) is 5.56 Å². The second-order valence-corrected chi connectivity index (χ2v) is 8.57. The molecule has 1 aromatic heterocycles. The normalized spacial score (nSPS) is 20.7. The molecule has 2 amide bonds. The minimum atomic E-state index is -0.998. The van der Waals surface area contributed by atoms with E-state index >= 15 is 0 Å². The molecule has 3 aromatic rings. The SMILES string of the molecule is COc1ccc2[nH]c3c(c2c1)CCN1C(=O)CN(CCCc2ccccc2)C(=O)[C@]31C. The summed E-state index contributed by atoms with van der Waals surface area (Å²) in [5, 5.41) is 1.07. The molecule has 0 radical (unpaired) electrons. The number of aromatic nitrogens is 1. The maximum absolute atomic E-state index is 13.7. The van der Waals surface area contributed by atoms with Crippen molar-refractivity contribution >= 4 is 22.7 Å². The van der Waals surface area contributed by atoms with Crippen molar-refractivity contribution in [1.82, 2.24) is 14.8 Å². The summed E-state index contributed by atoms with van der Waals surface area (Å²) in [6, 6.07) is 16.1. The largest absolute Gasteiger partial charge is 0.497 e. The van der Waals surface area contributed by atoms with Gasteiger partial charge in [-0.1, -0.05) is 30.3 Å². The number of nitrogens with zero attached hydrogens (tertiary/aromatic N) is 2. The maximum atomic E-state index is 13.7. The lowest BCUT2D eigenvalue weighted by Gasteiger charge is -2.49. The quantitative estimate of drug-likeness (QED) is 0.693. The van der Waals surface area contributed by atoms with Crippen LogP contribution in [-0.2, 0) is 28.0 Å². The molecule has 1 atom stereocenters. The Morgan fingerprint density at radius 1 is 1.13 bits per heavy atom. The Hall–Kier alpha value is -3.28. The zero-order chi connectivity index (χ0) is 21.6. The standard InChI is InChI=1S/C25H27N3O3/c1-25-23-19(20-15-18(31-2)10-11-21(20)26-23)12-14-28(25)22(29)16-27(24(25)30)13-6-9-17-7-4-3-5-8-17/h3-5,7-8,10-11,15,26H,6,9,12-14,16H2,1-2H3/t25-/m0/s1. The van der Waals surface area contributed by atoms with Gasteiger partial charge in [0.05, 0.1) is 19.3 Å². The molecular weight excluding hydrogens is 390 g/mol. The predicted octanol–water partition coefficient (Wildman–Crippen LogP) is 3.25. The molecule has 0 bridgehead atoms. The first-order chi connectivity index (χ1) is 15.0. The van der Waals surface area contributed by atoms with E-state index in [1.807, 2.05) is 43.3 Å². The van der Waals surface area contributed by atoms with Crippen LogP contribution in [-0.4, -0.2) is 53.3 Å². The van der Waals surface area contributed by atoms with Crippen LogP contribution in [0.15, 0.2) is 48.5 Å². The van der Waals surface area contributed by atoms with E-state index in [0.717, 1.165) is 47.2 Å². The Bertz CT molecular complexity index is 1150. The maximum Gasteiger partial charge on any atom is 0.254 e. The van der Waals surface area contributed by atoms with Crippen LogP contribution in [0.4, 0.5) is 0 Å². The number of carbonyl (C=O) groups excluding carboxylic acids is 2. The third-order valence-electron chi connectivity index (χ3n) is 6.79. The zero-order valence-corrected chi connectivity index (χ0v) is 18.0. The minimum Gasteiger partial charge on any atom is -0.497 e. The number of nitrogens with one attached hydrogen (secondary N) is 1. The number of aryl methyl sites for hydroxylation is 1. The first-order valence-electron chi connectivity index (χ1n) is 10.8. The van der Waals surface area contributed by atoms with Gasteiger partial charge >= 0.3 is 0 Å². The summed E-state index contributed by atoms with van der Waals surface area (Å²) in [6.07, 6.45) is 2.44. The number of hydrogen-bond acceptors (Lipinski definition) is 3. The van der Waals surface area contributed by atoms with E-state index in [1.54, 1.807) is 16.9 Å². The molecular formula is C25H27N3O3. The van der Waals surface area contributed by atoms with Crippen LogP contribution >= 0.6 is 0 Å². The van der Waals surface area contributed by atoms with Crippen LogP contribution in [0.2, 0.25) is 0 Å². The van der Waals surface area contributed by atoms with Gasteiger partial charge in [-0.3, -0.25) is 9.59 Å². The molecule has 1 fully saturated rings. The van der Waals surface area contributed by atoms with Gasteiger partial charge in [0, 0.05) is 24.0 Å². The lowest BCUT2D eigenvalue weighted by atomic mass is 9.83. The fourth-order valence-electron chi connectivity index (χ4n) is 5.14. The van der Waals surface area contributed by atoms with Crippen molar-refractivity contribution in [2.45, 2.75) is 31.7 Å². The highest BCUT2D eigenvalue weighted by molar-refractivity contribution is 6.00. The van der Waals surface area contributed by atoms with Gasteiger partial charge < -0.3 is 19.5 Å². The second kappa shape index (κ2) is 7.45. The summed E-state index contributed by atoms with van der Waals surface area (Å²) in [6.45, 7) is 3.18. The predicted molar refractivity (Wildman–Crippen MR) is 119 cm³/mol. The first kappa shape index (κ1) is 19.7. The van der Waals surface area contributed by atoms with Gasteiger partial charge in [0.15, 0.2) is 5.54 Å². The fraction of sp³-hybridized carbons (Fsp3) is 0.360. The van der Waals surface area contributed by atoms with Gasteiger partial charge in [0.1, 0.15) is 5.75 Å². The monoisotopic (exact) mass is 417 g/mol. The van der Waals surface area contributed by atoms with Crippen LogP contribution in [0.1, 0.15) is 30.2 Å². The number of H-pyrrole nitrogens is 1. The minimum absolute atomic E-state index is 0.000340. The van der Waals surface area contributed by atoms with Gasteiger partial charge in [-0.05, 0) is 55.5 Å². The smallest absolute Gasteiger partial charge is 0.254 e. The number of piperazine rings is 1. The summed E-state index contributed by atoms with van der Waals surface area (Å²) < 4.78 is 5.40. The number of hydrogen-bond donors (Lipinski definition) is 1. The Morgan fingerprint density at radius 2 is 1.94 bits per heavy atom. The van der Waals surface area contributed by atoms with E-state index in [2.05, 4.69) is 17.1 Å². The molecule has 0 saturated carbocycles. The van der Waals surface area contributed by atoms with E-state index in [-0.39, 0.29) is 18.4 Å². The van der Waals surface area contributed by atoms with Crippen molar-refractivity contribution in [3.8, 4) is 5.75 Å². The van der Waals surface area contributed by atoms with Crippen LogP contribution in [0.3, 0.4) is 0 Å². The van der Waals surface area contributed by atoms with Crippen molar-refractivity contribution < 1.29 is 14.3 Å². The van der Waals surface area contributed by atoms with Gasteiger partial charge in [-0.25, -0.2) is 0 Å². The van der Waals surface area contributed by atoms with Crippen molar-refractivity contribution in [2.75, 3.05) is 26.7 Å². The first-order valence-corrected chi connectivity index (χ1v) is 10.8. The van der Waals surface area contributed by atoms with Crippen molar-refractivity contribution in [3.05, 3.63) is 65.4 Å². The molecule has 6 nitrogen and oxygen atoms in total. The molecule has 0 unspecified atom stereocenters. The second-order valence-electron chi connectivity index (χ2n) is 8.57. The fourth-order valence-corrected chi connectivity index (χ4v) is 5.14. The highest BCUT2D eigenvalue weighted by Gasteiger charge is 2.53. The summed E-state index contributed by atoms with van der Waals surface area (Å²) in [5.74, 6) is 0.804. The van der Waals surface area contributed by atoms with Crippen LogP contribution in [0.5, 0.6) is 5.75 Å². The number of fused-ring (bicyclic) bond motifs is 5. The summed E-state index contributed by atoms with van der Waals surface area (Å²) in [5.41, 5.74) is 3.17. The van der Waals surface area contributed by atoms with Gasteiger partial charge in [0.25, 0.3) is 5.91 Å². The van der Waals surface area contributed by atoms with E-state index in [4.69, 9.17) is 4.74 Å². The van der Waals surface area contributed by atoms with Crippen molar-refractivity contribution in [2.24, 2.45) is 0 Å². The molecule has 160 valence electrons. The van der Waals surface area contributed by atoms with Crippen molar-refractivity contribution in [1.29, 1.82) is 0 Å².